The number of benzene rings is 2. The second kappa shape index (κ2) is 8.54. The van der Waals surface area contributed by atoms with Crippen molar-refractivity contribution in [2.45, 2.75) is 57.1 Å². The van der Waals surface area contributed by atoms with Crippen molar-refractivity contribution in [2.24, 2.45) is 17.8 Å². The van der Waals surface area contributed by atoms with Gasteiger partial charge in [-0.15, -0.1) is 0 Å². The molecular formula is C30H30N2O4. The van der Waals surface area contributed by atoms with Gasteiger partial charge in [0.1, 0.15) is 17.0 Å². The number of carbonyl (C=O) groups excluding carboxylic acids is 1. The van der Waals surface area contributed by atoms with E-state index in [4.69, 9.17) is 13.6 Å². The molecule has 1 N–H and O–H groups in total. The van der Waals surface area contributed by atoms with Crippen LogP contribution in [0.2, 0.25) is 0 Å². The molecule has 184 valence electrons. The van der Waals surface area contributed by atoms with Crippen molar-refractivity contribution in [2.75, 3.05) is 0 Å². The van der Waals surface area contributed by atoms with E-state index in [-0.39, 0.29) is 12.5 Å². The Labute approximate surface area is 210 Å². The predicted octanol–water partition coefficient (Wildman–Crippen LogP) is 6.40. The van der Waals surface area contributed by atoms with Crippen molar-refractivity contribution < 1.29 is 18.4 Å². The number of hydrogen-bond donors (Lipinski definition) is 1. The highest BCUT2D eigenvalue weighted by Crippen LogP contribution is 2.60. The van der Waals surface area contributed by atoms with Gasteiger partial charge in [-0.3, -0.25) is 4.79 Å². The molecule has 0 aliphatic heterocycles. The lowest BCUT2D eigenvalue weighted by molar-refractivity contribution is -0.00521. The quantitative estimate of drug-likeness (QED) is 0.330. The Morgan fingerprint density at radius 3 is 2.44 bits per heavy atom. The van der Waals surface area contributed by atoms with Gasteiger partial charge in [-0.2, -0.15) is 0 Å². The van der Waals surface area contributed by atoms with E-state index < -0.39 is 0 Å². The molecule has 0 radical (unpaired) electrons. The van der Waals surface area contributed by atoms with E-state index in [1.165, 1.54) is 44.1 Å². The molecular weight excluding hydrogens is 452 g/mol. The Bertz CT molecular complexity index is 1350. The number of fused-ring (bicyclic) bond motifs is 1. The third-order valence-electron chi connectivity index (χ3n) is 8.56. The molecule has 2 aromatic heterocycles. The van der Waals surface area contributed by atoms with Gasteiger partial charge in [0.15, 0.2) is 12.2 Å². The summed E-state index contributed by atoms with van der Waals surface area (Å²) in [6.45, 7) is 0.578. The number of ether oxygens (including phenoxy) is 1. The summed E-state index contributed by atoms with van der Waals surface area (Å²) in [7, 11) is 0. The van der Waals surface area contributed by atoms with E-state index in [1.807, 2.05) is 6.07 Å². The van der Waals surface area contributed by atoms with Crippen LogP contribution in [0.5, 0.6) is 5.75 Å². The number of oxazole rings is 1. The van der Waals surface area contributed by atoms with Crippen LogP contribution in [0.4, 0.5) is 0 Å². The fourth-order valence-electron chi connectivity index (χ4n) is 7.37. The third-order valence-corrected chi connectivity index (χ3v) is 8.56. The van der Waals surface area contributed by atoms with Crippen LogP contribution < -0.4 is 10.1 Å². The zero-order chi connectivity index (χ0) is 24.1. The highest BCUT2D eigenvalue weighted by Gasteiger charge is 2.51. The minimum atomic E-state index is -0.187. The normalized spacial score (nSPS) is 26.4. The number of furan rings is 1. The first-order valence-corrected chi connectivity index (χ1v) is 13.1. The molecule has 6 heteroatoms. The SMILES string of the molecule is O=C(NCc1ccco1)c1ccc2oc(COc3ccc(C45CC6CC(CC(C6)C4)C5)cc3)nc2c1. The minimum absolute atomic E-state index is 0.187. The molecule has 6 nitrogen and oxygen atoms in total. The van der Waals surface area contributed by atoms with Crippen LogP contribution in [0.25, 0.3) is 11.1 Å². The van der Waals surface area contributed by atoms with Crippen LogP contribution in [0.3, 0.4) is 0 Å². The molecule has 4 fully saturated rings. The van der Waals surface area contributed by atoms with Crippen molar-refractivity contribution in [3.63, 3.8) is 0 Å². The third kappa shape index (κ3) is 3.98. The lowest BCUT2D eigenvalue weighted by Gasteiger charge is -2.57. The maximum Gasteiger partial charge on any atom is 0.251 e. The Balaban J connectivity index is 1.000. The topological polar surface area (TPSA) is 77.5 Å². The standard InChI is InChI=1S/C30H30N2O4/c33-29(31-17-25-2-1-9-34-25)22-3-8-27-26(13-22)32-28(36-27)18-35-24-6-4-23(5-7-24)30-14-19-10-20(15-30)12-21(11-19)16-30/h1-9,13,19-21H,10-12,14-18H2,(H,31,33). The summed E-state index contributed by atoms with van der Waals surface area (Å²) >= 11 is 0. The summed E-state index contributed by atoms with van der Waals surface area (Å²) in [6.07, 6.45) is 10.1. The van der Waals surface area contributed by atoms with Gasteiger partial charge in [0.05, 0.1) is 12.8 Å². The number of amides is 1. The Morgan fingerprint density at radius 1 is 1.00 bits per heavy atom. The van der Waals surface area contributed by atoms with Crippen molar-refractivity contribution in [3.05, 3.63) is 83.6 Å². The van der Waals surface area contributed by atoms with Crippen molar-refractivity contribution in [1.82, 2.24) is 10.3 Å². The monoisotopic (exact) mass is 482 g/mol. The van der Waals surface area contributed by atoms with E-state index >= 15 is 0 Å². The number of carbonyl (C=O) groups is 1. The second-order valence-electron chi connectivity index (χ2n) is 11.1. The van der Waals surface area contributed by atoms with Gasteiger partial charge in [-0.25, -0.2) is 4.98 Å². The zero-order valence-corrected chi connectivity index (χ0v) is 20.2. The van der Waals surface area contributed by atoms with Crippen LogP contribution >= 0.6 is 0 Å². The predicted molar refractivity (Wildman–Crippen MR) is 135 cm³/mol. The molecule has 36 heavy (non-hydrogen) atoms. The van der Waals surface area contributed by atoms with Crippen LogP contribution in [0.1, 0.15) is 66.1 Å². The first-order chi connectivity index (χ1) is 17.6. The lowest BCUT2D eigenvalue weighted by atomic mass is 9.48. The molecule has 0 spiro atoms. The molecule has 4 saturated carbocycles. The highest BCUT2D eigenvalue weighted by atomic mass is 16.5. The largest absolute Gasteiger partial charge is 0.484 e. The average molecular weight is 483 g/mol. The maximum atomic E-state index is 12.5. The smallest absolute Gasteiger partial charge is 0.251 e. The number of aromatic nitrogens is 1. The van der Waals surface area contributed by atoms with E-state index in [9.17, 15) is 4.79 Å². The van der Waals surface area contributed by atoms with Crippen LogP contribution in [-0.4, -0.2) is 10.9 Å². The summed E-state index contributed by atoms with van der Waals surface area (Å²) in [5, 5.41) is 2.85. The molecule has 4 aliphatic rings. The minimum Gasteiger partial charge on any atom is -0.484 e. The van der Waals surface area contributed by atoms with Gasteiger partial charge < -0.3 is 18.9 Å². The molecule has 1 amide bonds. The highest BCUT2D eigenvalue weighted by molar-refractivity contribution is 5.97. The average Bonchev–Trinajstić information content (AvgIpc) is 3.55. The van der Waals surface area contributed by atoms with Crippen molar-refractivity contribution >= 4 is 17.0 Å². The van der Waals surface area contributed by atoms with E-state index in [0.29, 0.717) is 40.3 Å². The molecule has 0 unspecified atom stereocenters. The lowest BCUT2D eigenvalue weighted by Crippen LogP contribution is -2.48. The Morgan fingerprint density at radius 2 is 1.75 bits per heavy atom. The fourth-order valence-corrected chi connectivity index (χ4v) is 7.37. The molecule has 4 aliphatic carbocycles. The maximum absolute atomic E-state index is 12.5. The van der Waals surface area contributed by atoms with Gasteiger partial charge in [0.25, 0.3) is 5.91 Å². The summed E-state index contributed by atoms with van der Waals surface area (Å²) in [6, 6.07) is 17.6. The summed E-state index contributed by atoms with van der Waals surface area (Å²) in [5.41, 5.74) is 3.68. The van der Waals surface area contributed by atoms with Crippen LogP contribution in [-0.2, 0) is 18.6 Å². The molecule has 0 atom stereocenters. The van der Waals surface area contributed by atoms with Crippen molar-refractivity contribution in [1.29, 1.82) is 0 Å². The molecule has 8 rings (SSSR count). The molecule has 2 aromatic carbocycles. The number of rotatable bonds is 7. The summed E-state index contributed by atoms with van der Waals surface area (Å²) in [5.74, 6) is 4.65. The van der Waals surface area contributed by atoms with Gasteiger partial charge >= 0.3 is 0 Å². The Hall–Kier alpha value is -3.54. The fraction of sp³-hybridized carbons (Fsp3) is 0.400. The van der Waals surface area contributed by atoms with E-state index in [2.05, 4.69) is 34.6 Å². The van der Waals surface area contributed by atoms with Gasteiger partial charge in [0.2, 0.25) is 5.89 Å². The van der Waals surface area contributed by atoms with E-state index in [1.54, 1.807) is 30.5 Å². The summed E-state index contributed by atoms with van der Waals surface area (Å²) < 4.78 is 17.1. The molecule has 2 heterocycles. The van der Waals surface area contributed by atoms with Gasteiger partial charge in [-0.1, -0.05) is 12.1 Å². The van der Waals surface area contributed by atoms with E-state index in [0.717, 1.165) is 23.5 Å². The zero-order valence-electron chi connectivity index (χ0n) is 20.2. The van der Waals surface area contributed by atoms with Crippen LogP contribution in [0.15, 0.2) is 69.7 Å². The van der Waals surface area contributed by atoms with Gasteiger partial charge in [-0.05, 0) is 110 Å². The first-order valence-electron chi connectivity index (χ1n) is 13.1. The van der Waals surface area contributed by atoms with Crippen molar-refractivity contribution in [3.8, 4) is 5.75 Å². The first kappa shape index (κ1) is 21.7. The molecule has 4 bridgehead atoms. The molecule has 0 saturated heterocycles. The summed E-state index contributed by atoms with van der Waals surface area (Å²) in [4.78, 5) is 17.0. The second-order valence-corrected chi connectivity index (χ2v) is 11.1. The van der Waals surface area contributed by atoms with Gasteiger partial charge in [0, 0.05) is 5.56 Å². The van der Waals surface area contributed by atoms with Crippen LogP contribution in [0, 0.1) is 17.8 Å². The number of nitrogens with one attached hydrogen (secondary N) is 1. The number of nitrogens with zero attached hydrogens (tertiary/aromatic N) is 1. The Kier molecular flexibility index (Phi) is 5.15. The number of hydrogen-bond acceptors (Lipinski definition) is 5. The molecule has 4 aromatic rings.